The summed E-state index contributed by atoms with van der Waals surface area (Å²) in [5.41, 5.74) is 1.86. The highest BCUT2D eigenvalue weighted by molar-refractivity contribution is 5.96. The molecule has 0 bridgehead atoms. The lowest BCUT2D eigenvalue weighted by Gasteiger charge is -2.06. The summed E-state index contributed by atoms with van der Waals surface area (Å²) in [6.07, 6.45) is 7.40. The minimum atomic E-state index is -0.329. The van der Waals surface area contributed by atoms with Gasteiger partial charge in [-0.1, -0.05) is 81.5 Å². The van der Waals surface area contributed by atoms with Gasteiger partial charge in [-0.15, -0.1) is 0 Å². The molecule has 122 valence electrons. The molecule has 0 radical (unpaired) electrons. The first-order valence-corrected chi connectivity index (χ1v) is 8.60. The van der Waals surface area contributed by atoms with Crippen molar-refractivity contribution in [2.45, 2.75) is 51.9 Å². The van der Waals surface area contributed by atoms with Crippen LogP contribution >= 0.6 is 0 Å². The summed E-state index contributed by atoms with van der Waals surface area (Å²) < 4.78 is 14.3. The summed E-state index contributed by atoms with van der Waals surface area (Å²) >= 11 is 0. The van der Waals surface area contributed by atoms with Gasteiger partial charge >= 0.3 is 0 Å². The van der Waals surface area contributed by atoms with Crippen molar-refractivity contribution in [1.82, 2.24) is 0 Å². The Balaban J connectivity index is 1.91. The Morgan fingerprint density at radius 1 is 0.913 bits per heavy atom. The molecule has 2 heteroatoms. The fourth-order valence-corrected chi connectivity index (χ4v) is 2.75. The van der Waals surface area contributed by atoms with Crippen molar-refractivity contribution in [3.8, 4) is 11.1 Å². The number of Topliss-reactive ketones (excluding diaryl/α,β-unsaturated/α-hetero) is 1. The molecular weight excluding hydrogens is 287 g/mol. The Kier molecular flexibility index (Phi) is 6.99. The highest BCUT2D eigenvalue weighted by Gasteiger charge is 2.10. The Morgan fingerprint density at radius 2 is 1.61 bits per heavy atom. The van der Waals surface area contributed by atoms with E-state index in [4.69, 9.17) is 0 Å². The van der Waals surface area contributed by atoms with Crippen LogP contribution in [0, 0.1) is 5.82 Å². The van der Waals surface area contributed by atoms with Crippen LogP contribution in [0.2, 0.25) is 0 Å². The molecular formula is C21H25FO. The molecule has 0 aliphatic carbocycles. The molecule has 2 aromatic carbocycles. The summed E-state index contributed by atoms with van der Waals surface area (Å²) in [6, 6.07) is 14.2. The van der Waals surface area contributed by atoms with E-state index < -0.39 is 0 Å². The van der Waals surface area contributed by atoms with Crippen LogP contribution in [0.25, 0.3) is 11.1 Å². The van der Waals surface area contributed by atoms with Crippen LogP contribution in [0.15, 0.2) is 48.5 Å². The number of ketones is 1. The van der Waals surface area contributed by atoms with E-state index in [2.05, 4.69) is 6.92 Å². The largest absolute Gasteiger partial charge is 0.294 e. The zero-order valence-electron chi connectivity index (χ0n) is 13.9. The van der Waals surface area contributed by atoms with Crippen LogP contribution in [0.1, 0.15) is 62.2 Å². The van der Waals surface area contributed by atoms with Crippen LogP contribution in [0.5, 0.6) is 0 Å². The van der Waals surface area contributed by atoms with Gasteiger partial charge < -0.3 is 0 Å². The molecule has 0 aliphatic heterocycles. The van der Waals surface area contributed by atoms with Crippen molar-refractivity contribution < 1.29 is 9.18 Å². The van der Waals surface area contributed by atoms with E-state index in [0.717, 1.165) is 18.4 Å². The Bertz CT molecular complexity index is 619. The predicted octanol–water partition coefficient (Wildman–Crippen LogP) is 6.43. The minimum absolute atomic E-state index is 0.0407. The van der Waals surface area contributed by atoms with Gasteiger partial charge in [-0.3, -0.25) is 4.79 Å². The quantitative estimate of drug-likeness (QED) is 0.385. The molecule has 0 fully saturated rings. The third-order valence-corrected chi connectivity index (χ3v) is 4.13. The molecule has 0 spiro atoms. The number of carbonyl (C=O) groups is 1. The van der Waals surface area contributed by atoms with Gasteiger partial charge in [0, 0.05) is 17.5 Å². The van der Waals surface area contributed by atoms with E-state index in [-0.39, 0.29) is 11.6 Å². The molecule has 2 rings (SSSR count). The summed E-state index contributed by atoms with van der Waals surface area (Å²) in [4.78, 5) is 12.2. The van der Waals surface area contributed by atoms with E-state index in [1.807, 2.05) is 30.3 Å². The number of halogens is 1. The van der Waals surface area contributed by atoms with Gasteiger partial charge in [0.25, 0.3) is 0 Å². The lowest BCUT2D eigenvalue weighted by Crippen LogP contribution is -2.00. The van der Waals surface area contributed by atoms with Gasteiger partial charge in [0.2, 0.25) is 0 Å². The molecule has 0 N–H and O–H groups in total. The molecule has 0 saturated carbocycles. The molecule has 0 unspecified atom stereocenters. The number of benzene rings is 2. The van der Waals surface area contributed by atoms with E-state index >= 15 is 0 Å². The normalized spacial score (nSPS) is 10.7. The molecule has 2 aromatic rings. The predicted molar refractivity (Wildman–Crippen MR) is 94.2 cm³/mol. The monoisotopic (exact) mass is 312 g/mol. The lowest BCUT2D eigenvalue weighted by atomic mass is 9.99. The van der Waals surface area contributed by atoms with Gasteiger partial charge in [-0.05, 0) is 18.1 Å². The van der Waals surface area contributed by atoms with Crippen molar-refractivity contribution in [1.29, 1.82) is 0 Å². The summed E-state index contributed by atoms with van der Waals surface area (Å²) in [5.74, 6) is -0.288. The average Bonchev–Trinajstić information content (AvgIpc) is 2.58. The Labute approximate surface area is 138 Å². The van der Waals surface area contributed by atoms with Crippen LogP contribution < -0.4 is 0 Å². The molecule has 0 aliphatic rings. The van der Waals surface area contributed by atoms with Gasteiger partial charge in [0.15, 0.2) is 5.78 Å². The third kappa shape index (κ3) is 5.31. The topological polar surface area (TPSA) is 17.1 Å². The molecule has 0 saturated heterocycles. The van der Waals surface area contributed by atoms with Gasteiger partial charge in [0.05, 0.1) is 0 Å². The van der Waals surface area contributed by atoms with Crippen molar-refractivity contribution in [3.63, 3.8) is 0 Å². The first-order valence-electron chi connectivity index (χ1n) is 8.60. The molecule has 0 aromatic heterocycles. The second-order valence-electron chi connectivity index (χ2n) is 6.00. The molecule has 0 atom stereocenters. The van der Waals surface area contributed by atoms with E-state index in [1.165, 1.54) is 31.7 Å². The molecule has 0 heterocycles. The number of rotatable bonds is 9. The second kappa shape index (κ2) is 9.24. The standard InChI is InChI=1S/C21H25FO/c1-2-3-4-5-6-10-13-21(23)18-14-15-19(20(22)16-18)17-11-8-7-9-12-17/h7-9,11-12,14-16H,2-6,10,13H2,1H3. The second-order valence-corrected chi connectivity index (χ2v) is 6.00. The highest BCUT2D eigenvalue weighted by Crippen LogP contribution is 2.24. The number of carbonyl (C=O) groups excluding carboxylic acids is 1. The molecule has 23 heavy (non-hydrogen) atoms. The summed E-state index contributed by atoms with van der Waals surface area (Å²) in [5, 5.41) is 0. The fourth-order valence-electron chi connectivity index (χ4n) is 2.75. The van der Waals surface area contributed by atoms with E-state index in [1.54, 1.807) is 12.1 Å². The number of hydrogen-bond acceptors (Lipinski definition) is 1. The van der Waals surface area contributed by atoms with Crippen molar-refractivity contribution in [2.24, 2.45) is 0 Å². The van der Waals surface area contributed by atoms with Gasteiger partial charge in [0.1, 0.15) is 5.82 Å². The minimum Gasteiger partial charge on any atom is -0.294 e. The Morgan fingerprint density at radius 3 is 2.30 bits per heavy atom. The average molecular weight is 312 g/mol. The van der Waals surface area contributed by atoms with Gasteiger partial charge in [-0.2, -0.15) is 0 Å². The first kappa shape index (κ1) is 17.4. The maximum absolute atomic E-state index is 14.3. The van der Waals surface area contributed by atoms with E-state index in [9.17, 15) is 9.18 Å². The highest BCUT2D eigenvalue weighted by atomic mass is 19.1. The van der Waals surface area contributed by atoms with Crippen molar-refractivity contribution in [2.75, 3.05) is 0 Å². The van der Waals surface area contributed by atoms with Crippen LogP contribution in [0.3, 0.4) is 0 Å². The molecule has 0 amide bonds. The first-order chi connectivity index (χ1) is 11.2. The Hall–Kier alpha value is -1.96. The number of hydrogen-bond donors (Lipinski definition) is 0. The SMILES string of the molecule is CCCCCCCCC(=O)c1ccc(-c2ccccc2)c(F)c1. The zero-order chi connectivity index (χ0) is 16.5. The summed E-state index contributed by atoms with van der Waals surface area (Å²) in [6.45, 7) is 2.19. The zero-order valence-corrected chi connectivity index (χ0v) is 13.9. The molecule has 1 nitrogen and oxygen atoms in total. The fraction of sp³-hybridized carbons (Fsp3) is 0.381. The van der Waals surface area contributed by atoms with E-state index in [0.29, 0.717) is 17.5 Å². The lowest BCUT2D eigenvalue weighted by molar-refractivity contribution is 0.0978. The maximum Gasteiger partial charge on any atom is 0.162 e. The summed E-state index contributed by atoms with van der Waals surface area (Å²) in [7, 11) is 0. The van der Waals surface area contributed by atoms with Crippen LogP contribution in [-0.2, 0) is 0 Å². The van der Waals surface area contributed by atoms with Gasteiger partial charge in [-0.25, -0.2) is 4.39 Å². The smallest absolute Gasteiger partial charge is 0.162 e. The van der Waals surface area contributed by atoms with Crippen LogP contribution in [0.4, 0.5) is 4.39 Å². The maximum atomic E-state index is 14.3. The van der Waals surface area contributed by atoms with Crippen molar-refractivity contribution in [3.05, 3.63) is 59.9 Å². The number of unbranched alkanes of at least 4 members (excludes halogenated alkanes) is 5. The van der Waals surface area contributed by atoms with Crippen LogP contribution in [-0.4, -0.2) is 5.78 Å². The van der Waals surface area contributed by atoms with Crippen molar-refractivity contribution >= 4 is 5.78 Å². The third-order valence-electron chi connectivity index (χ3n) is 4.13.